The normalized spacial score (nSPS) is 30.1. The number of fused-ring (bicyclic) bond motifs is 2. The number of rotatable bonds is 6. The van der Waals surface area contributed by atoms with Gasteiger partial charge in [-0.1, -0.05) is 43.5 Å². The van der Waals surface area contributed by atoms with Crippen LogP contribution in [0.2, 0.25) is 10.0 Å². The molecule has 2 aliphatic carbocycles. The van der Waals surface area contributed by atoms with Gasteiger partial charge >= 0.3 is 0 Å². The molecule has 5 unspecified atom stereocenters. The van der Waals surface area contributed by atoms with Crippen LogP contribution >= 0.6 is 35.1 Å². The van der Waals surface area contributed by atoms with Crippen molar-refractivity contribution in [2.45, 2.75) is 76.3 Å². The van der Waals surface area contributed by atoms with Gasteiger partial charge in [-0.2, -0.15) is 0 Å². The molecule has 28 heavy (non-hydrogen) atoms. The largest absolute Gasteiger partial charge is 0.351 e. The lowest BCUT2D eigenvalue weighted by Crippen LogP contribution is -2.58. The monoisotopic (exact) mass is 442 g/mol. The van der Waals surface area contributed by atoms with Crippen LogP contribution in [-0.4, -0.2) is 17.5 Å². The highest BCUT2D eigenvalue weighted by Gasteiger charge is 2.43. The molecule has 1 aromatic rings. The standard InChI is InChI=1S/C22H32Cl2N2OS/c1-5-15-10-14-8-13(2)9-16(11-14)20(15)25-21(27)22(3,4)26-28-19-7-6-17(23)12-18(19)24/h6-7,12-16,20,26H,5,8-11H2,1-4H3,(H,25,27). The smallest absolute Gasteiger partial charge is 0.240 e. The van der Waals surface area contributed by atoms with Crippen LogP contribution in [0.4, 0.5) is 0 Å². The third kappa shape index (κ3) is 5.19. The van der Waals surface area contributed by atoms with Crippen LogP contribution < -0.4 is 10.0 Å². The van der Waals surface area contributed by atoms with E-state index < -0.39 is 5.54 Å². The average Bonchev–Trinajstić information content (AvgIpc) is 2.62. The van der Waals surface area contributed by atoms with Crippen molar-refractivity contribution in [3.05, 3.63) is 28.2 Å². The Hall–Kier alpha value is -0.420. The summed E-state index contributed by atoms with van der Waals surface area (Å²) < 4.78 is 3.30. The summed E-state index contributed by atoms with van der Waals surface area (Å²) in [5, 5.41) is 4.62. The molecule has 156 valence electrons. The van der Waals surface area contributed by atoms with Crippen LogP contribution in [0.25, 0.3) is 0 Å². The zero-order valence-electron chi connectivity index (χ0n) is 17.2. The summed E-state index contributed by atoms with van der Waals surface area (Å²) in [6, 6.07) is 5.68. The van der Waals surface area contributed by atoms with Gasteiger partial charge in [0, 0.05) is 16.0 Å². The summed E-state index contributed by atoms with van der Waals surface area (Å²) in [5.41, 5.74) is -0.705. The van der Waals surface area contributed by atoms with Gasteiger partial charge in [0.2, 0.25) is 5.91 Å². The van der Waals surface area contributed by atoms with E-state index in [2.05, 4.69) is 23.9 Å². The zero-order chi connectivity index (χ0) is 20.5. The van der Waals surface area contributed by atoms with E-state index in [1.807, 2.05) is 19.9 Å². The van der Waals surface area contributed by atoms with E-state index in [1.165, 1.54) is 37.6 Å². The second kappa shape index (κ2) is 9.16. The summed E-state index contributed by atoms with van der Waals surface area (Å²) in [7, 11) is 0. The van der Waals surface area contributed by atoms with Crippen molar-refractivity contribution in [3.8, 4) is 0 Å². The lowest BCUT2D eigenvalue weighted by molar-refractivity contribution is -0.128. The van der Waals surface area contributed by atoms with Gasteiger partial charge in [-0.25, -0.2) is 4.72 Å². The highest BCUT2D eigenvalue weighted by Crippen LogP contribution is 2.46. The SMILES string of the molecule is CCC1CC2CC(C)CC(C2)C1NC(=O)C(C)(C)NSc1ccc(Cl)cc1Cl. The maximum absolute atomic E-state index is 13.2. The third-order valence-electron chi connectivity index (χ3n) is 6.43. The first-order valence-electron chi connectivity index (χ1n) is 10.4. The minimum atomic E-state index is -0.705. The maximum Gasteiger partial charge on any atom is 0.240 e. The van der Waals surface area contributed by atoms with Crippen molar-refractivity contribution in [3.63, 3.8) is 0 Å². The number of halogens is 2. The van der Waals surface area contributed by atoms with Crippen molar-refractivity contribution in [1.82, 2.24) is 10.0 Å². The molecule has 2 fully saturated rings. The Morgan fingerprint density at radius 2 is 1.96 bits per heavy atom. The van der Waals surface area contributed by atoms with Crippen LogP contribution in [0.3, 0.4) is 0 Å². The molecule has 1 aromatic carbocycles. The Morgan fingerprint density at radius 1 is 1.21 bits per heavy atom. The predicted octanol–water partition coefficient (Wildman–Crippen LogP) is 6.34. The molecule has 2 bridgehead atoms. The molecule has 0 radical (unpaired) electrons. The average molecular weight is 443 g/mol. The lowest BCUT2D eigenvalue weighted by Gasteiger charge is -2.48. The first-order chi connectivity index (χ1) is 13.2. The molecule has 2 saturated carbocycles. The Kier molecular flexibility index (Phi) is 7.28. The van der Waals surface area contributed by atoms with Crippen molar-refractivity contribution in [1.29, 1.82) is 0 Å². The summed E-state index contributed by atoms with van der Waals surface area (Å²) in [6.07, 6.45) is 6.26. The Balaban J connectivity index is 1.64. The van der Waals surface area contributed by atoms with Crippen LogP contribution in [-0.2, 0) is 4.79 Å². The molecule has 0 aliphatic heterocycles. The van der Waals surface area contributed by atoms with Crippen molar-refractivity contribution < 1.29 is 4.79 Å². The van der Waals surface area contributed by atoms with Crippen LogP contribution in [0.15, 0.2) is 23.1 Å². The highest BCUT2D eigenvalue weighted by molar-refractivity contribution is 7.97. The number of hydrogen-bond acceptors (Lipinski definition) is 3. The highest BCUT2D eigenvalue weighted by atomic mass is 35.5. The number of amides is 1. The van der Waals surface area contributed by atoms with Crippen LogP contribution in [0, 0.1) is 23.7 Å². The van der Waals surface area contributed by atoms with Gasteiger partial charge in [0.15, 0.2) is 0 Å². The maximum atomic E-state index is 13.2. The minimum absolute atomic E-state index is 0.0604. The Bertz CT molecular complexity index is 710. The van der Waals surface area contributed by atoms with E-state index >= 15 is 0 Å². The Morgan fingerprint density at radius 3 is 2.64 bits per heavy atom. The number of carbonyl (C=O) groups is 1. The van der Waals surface area contributed by atoms with E-state index in [-0.39, 0.29) is 5.91 Å². The van der Waals surface area contributed by atoms with E-state index in [4.69, 9.17) is 23.2 Å². The molecule has 0 aromatic heterocycles. The van der Waals surface area contributed by atoms with E-state index in [0.717, 1.165) is 23.2 Å². The first-order valence-corrected chi connectivity index (χ1v) is 12.0. The molecule has 6 heteroatoms. The molecular formula is C22H32Cl2N2OS. The van der Waals surface area contributed by atoms with E-state index in [0.29, 0.717) is 27.9 Å². The van der Waals surface area contributed by atoms with Gasteiger partial charge in [0.25, 0.3) is 0 Å². The molecule has 2 N–H and O–H groups in total. The summed E-state index contributed by atoms with van der Waals surface area (Å²) >= 11 is 13.6. The topological polar surface area (TPSA) is 41.1 Å². The number of benzene rings is 1. The van der Waals surface area contributed by atoms with E-state index in [1.54, 1.807) is 12.1 Å². The second-order valence-corrected chi connectivity index (χ2v) is 10.9. The van der Waals surface area contributed by atoms with Crippen LogP contribution in [0.1, 0.15) is 59.8 Å². The summed E-state index contributed by atoms with van der Waals surface area (Å²) in [4.78, 5) is 14.0. The lowest BCUT2D eigenvalue weighted by atomic mass is 9.62. The van der Waals surface area contributed by atoms with Gasteiger partial charge < -0.3 is 5.32 Å². The summed E-state index contributed by atoms with van der Waals surface area (Å²) in [5.74, 6) is 2.89. The summed E-state index contributed by atoms with van der Waals surface area (Å²) in [6.45, 7) is 8.48. The van der Waals surface area contributed by atoms with Crippen molar-refractivity contribution in [2.75, 3.05) is 0 Å². The van der Waals surface area contributed by atoms with Gasteiger partial charge in [-0.15, -0.1) is 0 Å². The predicted molar refractivity (Wildman–Crippen MR) is 120 cm³/mol. The van der Waals surface area contributed by atoms with Crippen molar-refractivity contribution in [2.24, 2.45) is 23.7 Å². The fraction of sp³-hybridized carbons (Fsp3) is 0.682. The van der Waals surface area contributed by atoms with Gasteiger partial charge in [0.05, 0.1) is 5.02 Å². The van der Waals surface area contributed by atoms with Gasteiger partial charge in [-0.3, -0.25) is 4.79 Å². The van der Waals surface area contributed by atoms with Gasteiger partial charge in [-0.05, 0) is 93.3 Å². The Labute approximate surface area is 183 Å². The molecule has 1 amide bonds. The molecule has 2 aliphatic rings. The fourth-order valence-electron chi connectivity index (χ4n) is 5.02. The third-order valence-corrected chi connectivity index (χ3v) is 8.28. The molecule has 0 saturated heterocycles. The molecular weight excluding hydrogens is 411 g/mol. The number of carbonyl (C=O) groups excluding carboxylic acids is 1. The molecule has 3 nitrogen and oxygen atoms in total. The van der Waals surface area contributed by atoms with Gasteiger partial charge in [0.1, 0.15) is 5.54 Å². The fourth-order valence-corrected chi connectivity index (χ4v) is 6.30. The quantitative estimate of drug-likeness (QED) is 0.505. The van der Waals surface area contributed by atoms with Crippen LogP contribution in [0.5, 0.6) is 0 Å². The minimum Gasteiger partial charge on any atom is -0.351 e. The van der Waals surface area contributed by atoms with Crippen molar-refractivity contribution >= 4 is 41.1 Å². The zero-order valence-corrected chi connectivity index (χ0v) is 19.6. The molecule has 0 spiro atoms. The number of hydrogen-bond donors (Lipinski definition) is 2. The second-order valence-electron chi connectivity index (χ2n) is 9.25. The first kappa shape index (κ1) is 22.3. The number of nitrogens with one attached hydrogen (secondary N) is 2. The molecule has 3 rings (SSSR count). The molecule has 0 heterocycles. The van der Waals surface area contributed by atoms with E-state index in [9.17, 15) is 4.79 Å². The molecule has 5 atom stereocenters.